The fourth-order valence-electron chi connectivity index (χ4n) is 0. The first-order valence-electron chi connectivity index (χ1n) is 2.44. The highest BCUT2D eigenvalue weighted by atomic mass is 28.1. The summed E-state index contributed by atoms with van der Waals surface area (Å²) in [4.78, 5) is 0. The van der Waals surface area contributed by atoms with Gasteiger partial charge in [0.05, 0.1) is 0 Å². The third-order valence-electron chi connectivity index (χ3n) is 0. The van der Waals surface area contributed by atoms with E-state index in [2.05, 4.69) is 0 Å². The highest BCUT2D eigenvalue weighted by Crippen LogP contribution is 1.65. The van der Waals surface area contributed by atoms with Crippen molar-refractivity contribution in [1.82, 2.24) is 0 Å². The highest BCUT2D eigenvalue weighted by Gasteiger charge is 1.69. The molecule has 0 fully saturated rings. The van der Waals surface area contributed by atoms with E-state index in [1.165, 1.54) is 0 Å². The molecular weight excluding hydrogens is 120 g/mol. The molecule has 0 aliphatic heterocycles. The van der Waals surface area contributed by atoms with E-state index >= 15 is 0 Å². The Morgan fingerprint density at radius 3 is 1.38 bits per heavy atom. The molecule has 3 heteroatoms. The molecule has 0 rings (SSSR count). The van der Waals surface area contributed by atoms with E-state index in [0.717, 1.165) is 0 Å². The highest BCUT2D eigenvalue weighted by molar-refractivity contribution is 5.75. The second kappa shape index (κ2) is 15.7. The summed E-state index contributed by atoms with van der Waals surface area (Å²) in [6.45, 7) is 5.38. The van der Waals surface area contributed by atoms with Crippen LogP contribution in [0.1, 0.15) is 20.8 Å². The Balaban J connectivity index is -0.0000000575. The van der Waals surface area contributed by atoms with Crippen LogP contribution in [0.3, 0.4) is 0 Å². The molecule has 2 N–H and O–H groups in total. The summed E-state index contributed by atoms with van der Waals surface area (Å²) in [5.74, 6) is 0. The average Bonchev–Trinajstić information content (AvgIpc) is 1.33. The zero-order valence-electron chi connectivity index (χ0n) is 5.18. The number of hydrogen-bond acceptors (Lipinski definition) is 2. The van der Waals surface area contributed by atoms with Gasteiger partial charge in [0.2, 0.25) is 0 Å². The number of aliphatic hydroxyl groups is 2. The maximum Gasteiger partial charge on any atom is 0.0483 e. The minimum atomic E-state index is -0.167. The van der Waals surface area contributed by atoms with Crippen LogP contribution in [0.25, 0.3) is 0 Å². The summed E-state index contributed by atoms with van der Waals surface area (Å²) in [5, 5.41) is 15.6. The van der Waals surface area contributed by atoms with Crippen LogP contribution >= 0.6 is 0 Å². The van der Waals surface area contributed by atoms with Crippen molar-refractivity contribution in [3.63, 3.8) is 0 Å². The van der Waals surface area contributed by atoms with Gasteiger partial charge in [0, 0.05) is 12.7 Å². The molecule has 0 aromatic heterocycles. The molecule has 2 nitrogen and oxygen atoms in total. The lowest BCUT2D eigenvalue weighted by Gasteiger charge is -1.80. The van der Waals surface area contributed by atoms with Crippen LogP contribution in [-0.2, 0) is 0 Å². The zero-order chi connectivity index (χ0) is 6.28. The van der Waals surface area contributed by atoms with Gasteiger partial charge >= 0.3 is 0 Å². The molecule has 0 aromatic carbocycles. The van der Waals surface area contributed by atoms with Gasteiger partial charge in [-0.1, -0.05) is 0 Å². The van der Waals surface area contributed by atoms with Gasteiger partial charge in [-0.05, 0) is 31.7 Å². The largest absolute Gasteiger partial charge is 0.397 e. The number of rotatable bonds is 0. The summed E-state index contributed by atoms with van der Waals surface area (Å²) >= 11 is 0. The summed E-state index contributed by atoms with van der Waals surface area (Å²) < 4.78 is 0. The van der Waals surface area contributed by atoms with E-state index in [4.69, 9.17) is 10.2 Å². The van der Waals surface area contributed by atoms with Crippen molar-refractivity contribution in [2.45, 2.75) is 26.9 Å². The van der Waals surface area contributed by atoms with Gasteiger partial charge in [0.25, 0.3) is 0 Å². The smallest absolute Gasteiger partial charge is 0.0483 e. The van der Waals surface area contributed by atoms with Gasteiger partial charge in [-0.15, -0.1) is 0 Å². The summed E-state index contributed by atoms with van der Waals surface area (Å²) in [6, 6.07) is 0. The first-order valence-corrected chi connectivity index (χ1v) is 2.44. The van der Waals surface area contributed by atoms with Gasteiger partial charge in [-0.25, -0.2) is 0 Å². The van der Waals surface area contributed by atoms with Crippen molar-refractivity contribution in [3.8, 4) is 0 Å². The standard InChI is InChI=1S/C3H8O.C2H6O.H4Si/c1-3(2)4;1-2-3;/h3-4H,1-2H3;3H,2H2,1H3;1H4. The molecular formula is C5H18O2Si. The van der Waals surface area contributed by atoms with Crippen LogP contribution in [-0.4, -0.2) is 33.9 Å². The Labute approximate surface area is 55.6 Å². The van der Waals surface area contributed by atoms with E-state index < -0.39 is 0 Å². The quantitative estimate of drug-likeness (QED) is 0.419. The Morgan fingerprint density at radius 2 is 1.38 bits per heavy atom. The second-order valence-corrected chi connectivity index (χ2v) is 1.41. The van der Waals surface area contributed by atoms with Crippen molar-refractivity contribution in [2.24, 2.45) is 0 Å². The predicted octanol–water partition coefficient (Wildman–Crippen LogP) is -1.07. The Kier molecular flexibility index (Phi) is 30.8. The van der Waals surface area contributed by atoms with Crippen molar-refractivity contribution in [3.05, 3.63) is 0 Å². The van der Waals surface area contributed by atoms with Gasteiger partial charge in [-0.3, -0.25) is 0 Å². The molecule has 0 aromatic rings. The number of aliphatic hydroxyl groups excluding tert-OH is 2. The molecule has 0 aliphatic carbocycles. The van der Waals surface area contributed by atoms with Gasteiger partial charge in [0.1, 0.15) is 0 Å². The van der Waals surface area contributed by atoms with Crippen molar-refractivity contribution in [1.29, 1.82) is 0 Å². The van der Waals surface area contributed by atoms with Crippen molar-refractivity contribution < 1.29 is 10.2 Å². The lowest BCUT2D eigenvalue weighted by Crippen LogP contribution is -1.85. The molecule has 0 radical (unpaired) electrons. The Hall–Kier alpha value is 0.137. The van der Waals surface area contributed by atoms with E-state index in [-0.39, 0.29) is 23.7 Å². The summed E-state index contributed by atoms with van der Waals surface area (Å²) in [6.07, 6.45) is -0.167. The topological polar surface area (TPSA) is 40.5 Å². The van der Waals surface area contributed by atoms with E-state index in [1.807, 2.05) is 0 Å². The second-order valence-electron chi connectivity index (χ2n) is 1.41. The van der Waals surface area contributed by atoms with Crippen LogP contribution in [0.4, 0.5) is 0 Å². The molecule has 0 unspecified atom stereocenters. The van der Waals surface area contributed by atoms with Crippen molar-refractivity contribution >= 4 is 11.0 Å². The average molecular weight is 138 g/mol. The summed E-state index contributed by atoms with van der Waals surface area (Å²) in [7, 11) is 0. The molecule has 0 saturated carbocycles. The van der Waals surface area contributed by atoms with Gasteiger partial charge in [0.15, 0.2) is 0 Å². The Bertz CT molecular complexity index is 21.6. The molecule has 0 saturated heterocycles. The maximum atomic E-state index is 8.06. The molecule has 54 valence electrons. The SMILES string of the molecule is CC(C)O.CCO.[SiH4]. The first kappa shape index (κ1) is 15.7. The minimum Gasteiger partial charge on any atom is -0.397 e. The Morgan fingerprint density at radius 1 is 1.38 bits per heavy atom. The van der Waals surface area contributed by atoms with Crippen molar-refractivity contribution in [2.75, 3.05) is 6.61 Å². The molecule has 0 bridgehead atoms. The van der Waals surface area contributed by atoms with Gasteiger partial charge < -0.3 is 10.2 Å². The zero-order valence-corrected chi connectivity index (χ0v) is 5.18. The molecule has 0 atom stereocenters. The fraction of sp³-hybridized carbons (Fsp3) is 1.00. The van der Waals surface area contributed by atoms with E-state index in [9.17, 15) is 0 Å². The van der Waals surface area contributed by atoms with Crippen LogP contribution in [0, 0.1) is 0 Å². The lowest BCUT2D eigenvalue weighted by molar-refractivity contribution is 0.216. The monoisotopic (exact) mass is 138 g/mol. The van der Waals surface area contributed by atoms with Crippen LogP contribution in [0.2, 0.25) is 0 Å². The van der Waals surface area contributed by atoms with E-state index in [1.54, 1.807) is 20.8 Å². The fourth-order valence-corrected chi connectivity index (χ4v) is 0. The van der Waals surface area contributed by atoms with Gasteiger partial charge in [-0.2, -0.15) is 0 Å². The minimum absolute atomic E-state index is 0. The predicted molar refractivity (Wildman–Crippen MR) is 41.4 cm³/mol. The molecule has 0 aliphatic rings. The molecule has 0 heterocycles. The molecule has 8 heavy (non-hydrogen) atoms. The first-order chi connectivity index (χ1) is 3.15. The molecule has 0 amide bonds. The van der Waals surface area contributed by atoms with Crippen LogP contribution in [0.15, 0.2) is 0 Å². The van der Waals surface area contributed by atoms with E-state index in [0.29, 0.717) is 0 Å². The third-order valence-corrected chi connectivity index (χ3v) is 0. The van der Waals surface area contributed by atoms with Crippen LogP contribution in [0.5, 0.6) is 0 Å². The normalized spacial score (nSPS) is 6.75. The maximum absolute atomic E-state index is 8.06. The number of hydrogen-bond donors (Lipinski definition) is 2. The third kappa shape index (κ3) is 8640. The van der Waals surface area contributed by atoms with Crippen LogP contribution < -0.4 is 0 Å². The molecule has 0 spiro atoms. The lowest BCUT2D eigenvalue weighted by atomic mass is 10.5. The summed E-state index contributed by atoms with van der Waals surface area (Å²) in [5.41, 5.74) is 0.